The van der Waals surface area contributed by atoms with E-state index in [1.807, 2.05) is 67.7 Å². The predicted octanol–water partition coefficient (Wildman–Crippen LogP) is 5.36. The lowest BCUT2D eigenvalue weighted by atomic mass is 10.0. The first kappa shape index (κ1) is 20.2. The van der Waals surface area contributed by atoms with Crippen molar-refractivity contribution >= 4 is 28.6 Å². The molecule has 0 saturated heterocycles. The Bertz CT molecular complexity index is 1120. The molecule has 2 aromatic heterocycles. The third-order valence-electron chi connectivity index (χ3n) is 4.97. The van der Waals surface area contributed by atoms with Gasteiger partial charge in [0, 0.05) is 17.1 Å². The van der Waals surface area contributed by atoms with Gasteiger partial charge in [0.1, 0.15) is 0 Å². The van der Waals surface area contributed by atoms with Crippen molar-refractivity contribution in [3.63, 3.8) is 0 Å². The summed E-state index contributed by atoms with van der Waals surface area (Å²) in [6.45, 7) is 3.97. The summed E-state index contributed by atoms with van der Waals surface area (Å²) in [4.78, 5) is 16.0. The summed E-state index contributed by atoms with van der Waals surface area (Å²) in [7, 11) is 0. The number of hydrogen-bond acceptors (Lipinski definition) is 5. The Labute approximate surface area is 179 Å². The van der Waals surface area contributed by atoms with Crippen molar-refractivity contribution in [1.29, 1.82) is 0 Å². The SMILES string of the molecule is CCCC(NC(=O)C(C)Sc1nnc(-c2c[nH]c3ccccc23)o1)c1ccccc1. The summed E-state index contributed by atoms with van der Waals surface area (Å²) in [6.07, 6.45) is 3.73. The molecule has 2 aromatic carbocycles. The van der Waals surface area contributed by atoms with Crippen LogP contribution in [0.1, 0.15) is 38.3 Å². The molecule has 2 unspecified atom stereocenters. The van der Waals surface area contributed by atoms with E-state index >= 15 is 0 Å². The molecule has 0 fully saturated rings. The highest BCUT2D eigenvalue weighted by Gasteiger charge is 2.22. The van der Waals surface area contributed by atoms with Crippen molar-refractivity contribution in [3.05, 3.63) is 66.4 Å². The number of amides is 1. The zero-order valence-electron chi connectivity index (χ0n) is 17.0. The minimum absolute atomic E-state index is 0.00350. The highest BCUT2D eigenvalue weighted by molar-refractivity contribution is 8.00. The second-order valence-corrected chi connectivity index (χ2v) is 8.43. The van der Waals surface area contributed by atoms with Gasteiger partial charge in [-0.2, -0.15) is 0 Å². The van der Waals surface area contributed by atoms with Crippen LogP contribution in [0.25, 0.3) is 22.4 Å². The van der Waals surface area contributed by atoms with Crippen LogP contribution in [-0.2, 0) is 4.79 Å². The third-order valence-corrected chi connectivity index (χ3v) is 5.90. The number of rotatable bonds is 8. The summed E-state index contributed by atoms with van der Waals surface area (Å²) in [5.41, 5.74) is 2.98. The number of aromatic nitrogens is 3. The molecular weight excluding hydrogens is 396 g/mol. The molecule has 0 aliphatic rings. The fourth-order valence-corrected chi connectivity index (χ4v) is 4.10. The highest BCUT2D eigenvalue weighted by atomic mass is 32.2. The molecule has 2 N–H and O–H groups in total. The van der Waals surface area contributed by atoms with E-state index in [4.69, 9.17) is 4.42 Å². The van der Waals surface area contributed by atoms with Crippen LogP contribution in [0.2, 0.25) is 0 Å². The molecule has 1 amide bonds. The number of carbonyl (C=O) groups is 1. The normalized spacial score (nSPS) is 13.3. The Morgan fingerprint density at radius 1 is 1.13 bits per heavy atom. The Hall–Kier alpha value is -3.06. The van der Waals surface area contributed by atoms with E-state index < -0.39 is 0 Å². The van der Waals surface area contributed by atoms with Gasteiger partial charge in [0.25, 0.3) is 11.1 Å². The fourth-order valence-electron chi connectivity index (χ4n) is 3.40. The van der Waals surface area contributed by atoms with Crippen LogP contribution >= 0.6 is 11.8 Å². The molecule has 0 saturated carbocycles. The van der Waals surface area contributed by atoms with E-state index in [0.717, 1.165) is 34.9 Å². The molecule has 4 rings (SSSR count). The molecule has 4 aromatic rings. The molecular formula is C23H24N4O2S. The van der Waals surface area contributed by atoms with Crippen molar-refractivity contribution in [2.75, 3.05) is 0 Å². The monoisotopic (exact) mass is 420 g/mol. The largest absolute Gasteiger partial charge is 0.411 e. The first-order chi connectivity index (χ1) is 14.7. The van der Waals surface area contributed by atoms with Gasteiger partial charge in [0.15, 0.2) is 0 Å². The van der Waals surface area contributed by atoms with Gasteiger partial charge >= 0.3 is 0 Å². The second kappa shape index (κ2) is 9.17. The van der Waals surface area contributed by atoms with Gasteiger partial charge in [-0.1, -0.05) is 73.6 Å². The number of para-hydroxylation sites is 1. The summed E-state index contributed by atoms with van der Waals surface area (Å²) in [5.74, 6) is 0.393. The number of hydrogen-bond donors (Lipinski definition) is 2. The van der Waals surface area contributed by atoms with Crippen LogP contribution in [0.5, 0.6) is 0 Å². The number of fused-ring (bicyclic) bond motifs is 1. The zero-order chi connectivity index (χ0) is 20.9. The van der Waals surface area contributed by atoms with Crippen LogP contribution in [0.15, 0.2) is 70.4 Å². The van der Waals surface area contributed by atoms with E-state index in [0.29, 0.717) is 11.1 Å². The zero-order valence-corrected chi connectivity index (χ0v) is 17.8. The number of H-pyrrole nitrogens is 1. The van der Waals surface area contributed by atoms with Crippen molar-refractivity contribution < 1.29 is 9.21 Å². The summed E-state index contributed by atoms with van der Waals surface area (Å²) in [6, 6.07) is 18.0. The fraction of sp³-hybridized carbons (Fsp3) is 0.261. The summed E-state index contributed by atoms with van der Waals surface area (Å²) >= 11 is 1.27. The van der Waals surface area contributed by atoms with Crippen LogP contribution < -0.4 is 5.32 Å². The number of nitrogens with one attached hydrogen (secondary N) is 2. The molecule has 154 valence electrons. The average Bonchev–Trinajstić information content (AvgIpc) is 3.40. The van der Waals surface area contributed by atoms with Gasteiger partial charge in [-0.25, -0.2) is 0 Å². The maximum Gasteiger partial charge on any atom is 0.277 e. The van der Waals surface area contributed by atoms with E-state index in [1.165, 1.54) is 11.8 Å². The minimum Gasteiger partial charge on any atom is -0.411 e. The molecule has 0 radical (unpaired) electrons. The minimum atomic E-state index is -0.357. The predicted molar refractivity (Wildman–Crippen MR) is 119 cm³/mol. The topological polar surface area (TPSA) is 83.8 Å². The van der Waals surface area contributed by atoms with Crippen molar-refractivity contribution in [3.8, 4) is 11.5 Å². The first-order valence-electron chi connectivity index (χ1n) is 10.1. The van der Waals surface area contributed by atoms with Gasteiger partial charge in [-0.3, -0.25) is 4.79 Å². The Morgan fingerprint density at radius 2 is 1.90 bits per heavy atom. The lowest BCUT2D eigenvalue weighted by molar-refractivity contribution is -0.121. The van der Waals surface area contributed by atoms with Gasteiger partial charge in [0.05, 0.1) is 16.9 Å². The quantitative estimate of drug-likeness (QED) is 0.375. The Kier molecular flexibility index (Phi) is 6.18. The lowest BCUT2D eigenvalue weighted by Crippen LogP contribution is -2.34. The van der Waals surface area contributed by atoms with Gasteiger partial charge < -0.3 is 14.7 Å². The Balaban J connectivity index is 1.43. The maximum absolute atomic E-state index is 12.8. The van der Waals surface area contributed by atoms with Gasteiger partial charge in [0.2, 0.25) is 5.91 Å². The van der Waals surface area contributed by atoms with Crippen molar-refractivity contribution in [2.45, 2.75) is 43.2 Å². The van der Waals surface area contributed by atoms with Crippen LogP contribution in [-0.4, -0.2) is 26.3 Å². The number of benzene rings is 2. The third kappa shape index (κ3) is 4.41. The van der Waals surface area contributed by atoms with E-state index in [2.05, 4.69) is 27.4 Å². The smallest absolute Gasteiger partial charge is 0.277 e. The number of carbonyl (C=O) groups excluding carboxylic acids is 1. The molecule has 0 spiro atoms. The van der Waals surface area contributed by atoms with E-state index in [-0.39, 0.29) is 17.2 Å². The number of nitrogens with zero attached hydrogens (tertiary/aromatic N) is 2. The number of thioether (sulfide) groups is 1. The van der Waals surface area contributed by atoms with Crippen LogP contribution in [0.3, 0.4) is 0 Å². The molecule has 2 atom stereocenters. The lowest BCUT2D eigenvalue weighted by Gasteiger charge is -2.20. The summed E-state index contributed by atoms with van der Waals surface area (Å²) in [5, 5.41) is 12.5. The maximum atomic E-state index is 12.8. The molecule has 6 nitrogen and oxygen atoms in total. The molecule has 0 aliphatic heterocycles. The standard InChI is InChI=1S/C23H24N4O2S/c1-3-9-19(16-10-5-4-6-11-16)25-21(28)15(2)30-23-27-26-22(29-23)18-14-24-20-13-8-7-12-17(18)20/h4-8,10-15,19,24H,3,9H2,1-2H3,(H,25,28). The molecule has 30 heavy (non-hydrogen) atoms. The van der Waals surface area contributed by atoms with Gasteiger partial charge in [-0.05, 0) is 25.0 Å². The average molecular weight is 421 g/mol. The van der Waals surface area contributed by atoms with Crippen LogP contribution in [0.4, 0.5) is 0 Å². The van der Waals surface area contributed by atoms with Crippen LogP contribution in [0, 0.1) is 0 Å². The second-order valence-electron chi connectivity index (χ2n) is 7.14. The molecule has 2 heterocycles. The first-order valence-corrected chi connectivity index (χ1v) is 11.0. The number of aromatic amines is 1. The Morgan fingerprint density at radius 3 is 2.70 bits per heavy atom. The molecule has 0 aliphatic carbocycles. The van der Waals surface area contributed by atoms with Gasteiger partial charge in [-0.15, -0.1) is 10.2 Å². The summed E-state index contributed by atoms with van der Waals surface area (Å²) < 4.78 is 5.83. The van der Waals surface area contributed by atoms with Crippen molar-refractivity contribution in [1.82, 2.24) is 20.5 Å². The highest BCUT2D eigenvalue weighted by Crippen LogP contribution is 2.31. The van der Waals surface area contributed by atoms with E-state index in [1.54, 1.807) is 0 Å². The van der Waals surface area contributed by atoms with Crippen molar-refractivity contribution in [2.24, 2.45) is 0 Å². The van der Waals surface area contributed by atoms with E-state index in [9.17, 15) is 4.79 Å². The molecule has 7 heteroatoms. The molecule has 0 bridgehead atoms.